The van der Waals surface area contributed by atoms with Crippen LogP contribution >= 0.6 is 23.2 Å². The number of benzene rings is 2. The maximum atomic E-state index is 13.8. The molecule has 0 radical (unpaired) electrons. The zero-order valence-corrected chi connectivity index (χ0v) is 16.3. The minimum Gasteiger partial charge on any atom is -0.465 e. The molecule has 2 rings (SSSR count). The van der Waals surface area contributed by atoms with Crippen molar-refractivity contribution in [3.63, 3.8) is 0 Å². The Hall–Kier alpha value is -2.24. The van der Waals surface area contributed by atoms with E-state index < -0.39 is 23.5 Å². The predicted octanol–water partition coefficient (Wildman–Crippen LogP) is 5.33. The highest BCUT2D eigenvalue weighted by atomic mass is 35.5. The third kappa shape index (κ3) is 5.37. The molecular formula is C20H18Cl2FNO3. The van der Waals surface area contributed by atoms with Crippen molar-refractivity contribution >= 4 is 41.2 Å². The molecule has 0 aromatic heterocycles. The third-order valence-corrected chi connectivity index (χ3v) is 4.44. The van der Waals surface area contributed by atoms with Gasteiger partial charge in [0.15, 0.2) is 11.7 Å². The van der Waals surface area contributed by atoms with Crippen molar-refractivity contribution in [2.45, 2.75) is 19.9 Å². The van der Waals surface area contributed by atoms with E-state index in [2.05, 4.69) is 4.99 Å². The quantitative estimate of drug-likeness (QED) is 0.204. The maximum absolute atomic E-state index is 13.8. The van der Waals surface area contributed by atoms with Crippen LogP contribution in [-0.2, 0) is 9.53 Å². The number of halogens is 3. The average Bonchev–Trinajstić information content (AvgIpc) is 2.65. The third-order valence-electron chi connectivity index (χ3n) is 3.84. The Kier molecular flexibility index (Phi) is 7.51. The lowest BCUT2D eigenvalue weighted by Crippen LogP contribution is -2.28. The van der Waals surface area contributed by atoms with Gasteiger partial charge >= 0.3 is 5.97 Å². The molecular weight excluding hydrogens is 392 g/mol. The van der Waals surface area contributed by atoms with E-state index in [-0.39, 0.29) is 28.3 Å². The summed E-state index contributed by atoms with van der Waals surface area (Å²) in [6.07, 6.45) is 1.22. The highest BCUT2D eigenvalue weighted by Crippen LogP contribution is 2.27. The van der Waals surface area contributed by atoms with Crippen molar-refractivity contribution in [3.05, 3.63) is 69.5 Å². The normalized spacial score (nSPS) is 13.4. The summed E-state index contributed by atoms with van der Waals surface area (Å²) < 4.78 is 18.7. The number of carbonyl (C=O) groups excluding carboxylic acids is 2. The molecule has 0 aliphatic heterocycles. The summed E-state index contributed by atoms with van der Waals surface area (Å²) >= 11 is 11.7. The standard InChI is InChI=1S/C20H18Cl2FNO3/c1-3-27-20(26)15(11-24-12(2)13-7-5-4-6-8-13)19(25)14-9-18(23)17(22)10-16(14)21/h4-12,15H,3H2,1-2H3. The van der Waals surface area contributed by atoms with E-state index in [4.69, 9.17) is 27.9 Å². The van der Waals surface area contributed by atoms with E-state index in [1.54, 1.807) is 6.92 Å². The fraction of sp³-hybridized carbons (Fsp3) is 0.250. The fourth-order valence-corrected chi connectivity index (χ4v) is 2.86. The van der Waals surface area contributed by atoms with Crippen molar-refractivity contribution < 1.29 is 18.7 Å². The second-order valence-corrected chi connectivity index (χ2v) is 6.54. The summed E-state index contributed by atoms with van der Waals surface area (Å²) in [5.41, 5.74) is 0.759. The number of hydrogen-bond donors (Lipinski definition) is 0. The Morgan fingerprint density at radius 2 is 1.85 bits per heavy atom. The Balaban J connectivity index is 2.34. The second-order valence-electron chi connectivity index (χ2n) is 5.72. The minimum absolute atomic E-state index is 0.0507. The van der Waals surface area contributed by atoms with Gasteiger partial charge in [0.25, 0.3) is 0 Å². The smallest absolute Gasteiger partial charge is 0.322 e. The average molecular weight is 410 g/mol. The molecule has 2 aromatic carbocycles. The molecule has 7 heteroatoms. The van der Waals surface area contributed by atoms with Gasteiger partial charge in [0.1, 0.15) is 5.82 Å². The van der Waals surface area contributed by atoms with Gasteiger partial charge in [0.05, 0.1) is 22.7 Å². The lowest BCUT2D eigenvalue weighted by Gasteiger charge is -2.13. The number of ether oxygens (including phenoxy) is 1. The number of rotatable bonds is 7. The topological polar surface area (TPSA) is 55.7 Å². The molecule has 2 atom stereocenters. The van der Waals surface area contributed by atoms with Crippen molar-refractivity contribution in [3.8, 4) is 0 Å². The summed E-state index contributed by atoms with van der Waals surface area (Å²) in [5.74, 6) is -3.63. The molecule has 0 N–H and O–H groups in total. The summed E-state index contributed by atoms with van der Waals surface area (Å²) in [6, 6.07) is 11.1. The van der Waals surface area contributed by atoms with Gasteiger partial charge in [-0.2, -0.15) is 0 Å². The highest BCUT2D eigenvalue weighted by molar-refractivity contribution is 6.37. The molecule has 0 fully saturated rings. The van der Waals surface area contributed by atoms with E-state index in [9.17, 15) is 14.0 Å². The van der Waals surface area contributed by atoms with Gasteiger partial charge in [-0.1, -0.05) is 53.5 Å². The Morgan fingerprint density at radius 1 is 1.19 bits per heavy atom. The van der Waals surface area contributed by atoms with Gasteiger partial charge in [0.2, 0.25) is 0 Å². The number of esters is 1. The first-order chi connectivity index (χ1) is 12.8. The molecule has 0 amide bonds. The first-order valence-corrected chi connectivity index (χ1v) is 9.04. The number of hydrogen-bond acceptors (Lipinski definition) is 4. The zero-order chi connectivity index (χ0) is 20.0. The largest absolute Gasteiger partial charge is 0.465 e. The molecule has 0 spiro atoms. The van der Waals surface area contributed by atoms with Crippen LogP contribution in [0, 0.1) is 11.7 Å². The monoisotopic (exact) mass is 409 g/mol. The Morgan fingerprint density at radius 3 is 2.48 bits per heavy atom. The summed E-state index contributed by atoms with van der Waals surface area (Å²) in [6.45, 7) is 3.54. The van der Waals surface area contributed by atoms with Gasteiger partial charge in [-0.25, -0.2) is 4.39 Å². The molecule has 0 aliphatic carbocycles. The van der Waals surface area contributed by atoms with E-state index in [1.165, 1.54) is 6.21 Å². The number of ketones is 1. The minimum atomic E-state index is -1.34. The Labute approximate surface area is 167 Å². The molecule has 27 heavy (non-hydrogen) atoms. The molecule has 0 saturated carbocycles. The van der Waals surface area contributed by atoms with E-state index >= 15 is 0 Å². The SMILES string of the molecule is CCOC(=O)C(C=NC(C)c1ccccc1)C(=O)c1cc(F)c(Cl)cc1Cl. The van der Waals surface area contributed by atoms with Crippen LogP contribution in [0.15, 0.2) is 47.5 Å². The lowest BCUT2D eigenvalue weighted by molar-refractivity contribution is -0.143. The van der Waals surface area contributed by atoms with Crippen LogP contribution in [0.5, 0.6) is 0 Å². The number of aliphatic imine (C=N–C) groups is 1. The molecule has 4 nitrogen and oxygen atoms in total. The molecule has 0 bridgehead atoms. The van der Waals surface area contributed by atoms with Gasteiger partial charge in [0, 0.05) is 11.8 Å². The number of Topliss-reactive ketones (excluding diaryl/α,β-unsaturated/α-hetero) is 1. The first kappa shape index (κ1) is 21.1. The van der Waals surface area contributed by atoms with Crippen LogP contribution in [0.2, 0.25) is 10.0 Å². The summed E-state index contributed by atoms with van der Waals surface area (Å²) in [7, 11) is 0. The van der Waals surface area contributed by atoms with E-state index in [1.807, 2.05) is 37.3 Å². The number of carbonyl (C=O) groups is 2. The summed E-state index contributed by atoms with van der Waals surface area (Å²) in [4.78, 5) is 29.4. The first-order valence-electron chi connectivity index (χ1n) is 8.28. The van der Waals surface area contributed by atoms with Gasteiger partial charge in [-0.15, -0.1) is 0 Å². The van der Waals surface area contributed by atoms with E-state index in [0.717, 1.165) is 17.7 Å². The number of nitrogens with zero attached hydrogens (tertiary/aromatic N) is 1. The highest BCUT2D eigenvalue weighted by Gasteiger charge is 2.30. The molecule has 142 valence electrons. The van der Waals surface area contributed by atoms with Crippen molar-refractivity contribution in [2.75, 3.05) is 6.61 Å². The molecule has 0 heterocycles. The molecule has 2 aromatic rings. The zero-order valence-electron chi connectivity index (χ0n) is 14.8. The van der Waals surface area contributed by atoms with Crippen molar-refractivity contribution in [1.29, 1.82) is 0 Å². The summed E-state index contributed by atoms with van der Waals surface area (Å²) in [5, 5.41) is -0.263. The van der Waals surface area contributed by atoms with Gasteiger partial charge in [-0.05, 0) is 31.5 Å². The Bertz CT molecular complexity index is 856. The van der Waals surface area contributed by atoms with Gasteiger partial charge < -0.3 is 4.74 Å². The van der Waals surface area contributed by atoms with E-state index in [0.29, 0.717) is 0 Å². The van der Waals surface area contributed by atoms with Crippen LogP contribution in [0.1, 0.15) is 35.8 Å². The van der Waals surface area contributed by atoms with Crippen LogP contribution in [-0.4, -0.2) is 24.6 Å². The second kappa shape index (κ2) is 9.62. The molecule has 0 saturated heterocycles. The van der Waals surface area contributed by atoms with Crippen molar-refractivity contribution in [2.24, 2.45) is 10.9 Å². The maximum Gasteiger partial charge on any atom is 0.322 e. The van der Waals surface area contributed by atoms with Crippen LogP contribution in [0.25, 0.3) is 0 Å². The molecule has 0 aliphatic rings. The van der Waals surface area contributed by atoms with Crippen LogP contribution < -0.4 is 0 Å². The predicted molar refractivity (Wildman–Crippen MR) is 104 cm³/mol. The fourth-order valence-electron chi connectivity index (χ4n) is 2.38. The van der Waals surface area contributed by atoms with Gasteiger partial charge in [-0.3, -0.25) is 14.6 Å². The van der Waals surface area contributed by atoms with Crippen LogP contribution in [0.3, 0.4) is 0 Å². The van der Waals surface area contributed by atoms with Crippen molar-refractivity contribution in [1.82, 2.24) is 0 Å². The molecule has 2 unspecified atom stereocenters. The lowest BCUT2D eigenvalue weighted by atomic mass is 9.98. The van der Waals surface area contributed by atoms with Crippen LogP contribution in [0.4, 0.5) is 4.39 Å².